The second kappa shape index (κ2) is 6.65. The van der Waals surface area contributed by atoms with Crippen LogP contribution >= 0.6 is 0 Å². The summed E-state index contributed by atoms with van der Waals surface area (Å²) in [7, 11) is -3.56. The highest BCUT2D eigenvalue weighted by molar-refractivity contribution is 7.95. The van der Waals surface area contributed by atoms with Crippen molar-refractivity contribution in [1.82, 2.24) is 14.3 Å². The van der Waals surface area contributed by atoms with E-state index in [1.807, 2.05) is 59.6 Å². The van der Waals surface area contributed by atoms with Crippen molar-refractivity contribution in [3.63, 3.8) is 0 Å². The van der Waals surface area contributed by atoms with Crippen LogP contribution in [0.2, 0.25) is 0 Å². The first-order valence-electron chi connectivity index (χ1n) is 7.93. The van der Waals surface area contributed by atoms with E-state index >= 15 is 0 Å². The van der Waals surface area contributed by atoms with Crippen LogP contribution in [-0.2, 0) is 9.84 Å². The molecule has 0 bridgehead atoms. The van der Waals surface area contributed by atoms with E-state index in [0.717, 1.165) is 29.0 Å². The van der Waals surface area contributed by atoms with Gasteiger partial charge in [0.05, 0.1) is 11.4 Å². The lowest BCUT2D eigenvalue weighted by molar-refractivity contribution is 0.609. The van der Waals surface area contributed by atoms with Crippen LogP contribution in [0.4, 0.5) is 0 Å². The van der Waals surface area contributed by atoms with Gasteiger partial charge < -0.3 is 4.57 Å². The van der Waals surface area contributed by atoms with Crippen LogP contribution < -0.4 is 0 Å². The predicted octanol–water partition coefficient (Wildman–Crippen LogP) is 3.19. The van der Waals surface area contributed by atoms with Crippen LogP contribution in [-0.4, -0.2) is 29.0 Å². The number of nitriles is 1. The molecule has 26 heavy (non-hydrogen) atoms. The lowest BCUT2D eigenvalue weighted by Crippen LogP contribution is -2.02. The molecule has 6 nitrogen and oxygen atoms in total. The van der Waals surface area contributed by atoms with Gasteiger partial charge in [0, 0.05) is 29.5 Å². The normalized spacial score (nSPS) is 12.2. The van der Waals surface area contributed by atoms with Crippen LogP contribution in [0.5, 0.6) is 0 Å². The predicted molar refractivity (Wildman–Crippen MR) is 101 cm³/mol. The Balaban J connectivity index is 2.00. The molecule has 0 radical (unpaired) electrons. The Morgan fingerprint density at radius 3 is 2.35 bits per heavy atom. The van der Waals surface area contributed by atoms with Gasteiger partial charge in [0.15, 0.2) is 9.84 Å². The molecule has 0 unspecified atom stereocenters. The molecule has 0 saturated carbocycles. The number of aromatic nitrogens is 3. The average Bonchev–Trinajstić information content (AvgIpc) is 3.17. The third-order valence-electron chi connectivity index (χ3n) is 3.95. The molecule has 0 aliphatic rings. The van der Waals surface area contributed by atoms with Gasteiger partial charge in [-0.05, 0) is 62.4 Å². The molecule has 0 atom stereocenters. The largest absolute Gasteiger partial charge is 0.317 e. The van der Waals surface area contributed by atoms with E-state index in [9.17, 15) is 8.42 Å². The van der Waals surface area contributed by atoms with Crippen LogP contribution in [0.15, 0.2) is 53.6 Å². The molecule has 0 aliphatic heterocycles. The summed E-state index contributed by atoms with van der Waals surface area (Å²) < 4.78 is 27.0. The molecule has 3 aromatic rings. The van der Waals surface area contributed by atoms with E-state index in [0.29, 0.717) is 5.69 Å². The van der Waals surface area contributed by atoms with Gasteiger partial charge in [0.25, 0.3) is 0 Å². The summed E-state index contributed by atoms with van der Waals surface area (Å²) in [5.74, 6) is 0. The quantitative estimate of drug-likeness (QED) is 0.664. The summed E-state index contributed by atoms with van der Waals surface area (Å²) in [5, 5.41) is 13.6. The summed E-state index contributed by atoms with van der Waals surface area (Å²) in [4.78, 5) is -0.267. The molecule has 7 heteroatoms. The van der Waals surface area contributed by atoms with Crippen molar-refractivity contribution in [1.29, 1.82) is 5.26 Å². The Morgan fingerprint density at radius 1 is 1.15 bits per heavy atom. The van der Waals surface area contributed by atoms with E-state index in [-0.39, 0.29) is 4.91 Å². The molecule has 0 N–H and O–H groups in total. The number of nitrogens with zero attached hydrogens (tertiary/aromatic N) is 4. The van der Waals surface area contributed by atoms with Crippen molar-refractivity contribution in [2.24, 2.45) is 0 Å². The maximum atomic E-state index is 11.7. The van der Waals surface area contributed by atoms with Crippen LogP contribution in [0.3, 0.4) is 0 Å². The van der Waals surface area contributed by atoms with Crippen LogP contribution in [0.25, 0.3) is 17.5 Å². The minimum Gasteiger partial charge on any atom is -0.317 e. The van der Waals surface area contributed by atoms with E-state index < -0.39 is 9.84 Å². The smallest absolute Gasteiger partial charge is 0.185 e. The number of sulfone groups is 1. The fourth-order valence-corrected chi connectivity index (χ4v) is 3.25. The van der Waals surface area contributed by atoms with E-state index in [1.165, 1.54) is 6.08 Å². The average molecular weight is 366 g/mol. The van der Waals surface area contributed by atoms with E-state index in [2.05, 4.69) is 5.10 Å². The highest BCUT2D eigenvalue weighted by Gasteiger charge is 2.12. The van der Waals surface area contributed by atoms with Crippen LogP contribution in [0.1, 0.15) is 17.1 Å². The van der Waals surface area contributed by atoms with Gasteiger partial charge in [-0.1, -0.05) is 0 Å². The Kier molecular flexibility index (Phi) is 4.53. The van der Waals surface area contributed by atoms with Crippen molar-refractivity contribution < 1.29 is 8.42 Å². The molecular formula is C19H18N4O2S. The van der Waals surface area contributed by atoms with Crippen LogP contribution in [0, 0.1) is 25.2 Å². The van der Waals surface area contributed by atoms with Crippen molar-refractivity contribution >= 4 is 15.9 Å². The van der Waals surface area contributed by atoms with Gasteiger partial charge in [-0.25, -0.2) is 13.1 Å². The molecule has 132 valence electrons. The summed E-state index contributed by atoms with van der Waals surface area (Å²) in [6.45, 7) is 3.95. The SMILES string of the molecule is Cc1cc(C)n(-c2ccc(-n3cccc3C=C(C#N)S(C)(=O)=O)cc2)n1. The lowest BCUT2D eigenvalue weighted by Gasteiger charge is -2.09. The zero-order chi connectivity index (χ0) is 18.9. The minimum absolute atomic E-state index is 0.267. The Hall–Kier alpha value is -3.11. The summed E-state index contributed by atoms with van der Waals surface area (Å²) in [6, 6.07) is 15.1. The lowest BCUT2D eigenvalue weighted by atomic mass is 10.2. The molecule has 1 aromatic carbocycles. The molecule has 0 spiro atoms. The van der Waals surface area contributed by atoms with Crippen molar-refractivity contribution in [2.45, 2.75) is 13.8 Å². The van der Waals surface area contributed by atoms with Gasteiger partial charge in [0.1, 0.15) is 11.0 Å². The number of benzene rings is 1. The second-order valence-electron chi connectivity index (χ2n) is 6.05. The molecule has 0 aliphatic carbocycles. The second-order valence-corrected chi connectivity index (χ2v) is 8.04. The molecular weight excluding hydrogens is 348 g/mol. The van der Waals surface area contributed by atoms with Gasteiger partial charge in [-0.2, -0.15) is 10.4 Å². The third-order valence-corrected chi connectivity index (χ3v) is 4.96. The molecule has 2 aromatic heterocycles. The number of hydrogen-bond donors (Lipinski definition) is 0. The number of rotatable bonds is 4. The van der Waals surface area contributed by atoms with Crippen molar-refractivity contribution in [3.05, 3.63) is 70.6 Å². The highest BCUT2D eigenvalue weighted by atomic mass is 32.2. The first-order valence-corrected chi connectivity index (χ1v) is 9.82. The number of allylic oxidation sites excluding steroid dienone is 1. The highest BCUT2D eigenvalue weighted by Crippen LogP contribution is 2.19. The maximum absolute atomic E-state index is 11.7. The van der Waals surface area contributed by atoms with Gasteiger partial charge in [-0.3, -0.25) is 0 Å². The standard InChI is InChI=1S/C19H18N4O2S/c1-14-11-15(2)23(21-14)17-8-6-16(7-9-17)22-10-4-5-18(22)12-19(13-20)26(3,24)25/h4-12H,1-3H3. The van der Waals surface area contributed by atoms with Crippen molar-refractivity contribution in [2.75, 3.05) is 6.26 Å². The fourth-order valence-electron chi connectivity index (χ4n) is 2.75. The minimum atomic E-state index is -3.56. The molecule has 0 amide bonds. The van der Waals surface area contributed by atoms with Gasteiger partial charge >= 0.3 is 0 Å². The van der Waals surface area contributed by atoms with Crippen molar-refractivity contribution in [3.8, 4) is 17.4 Å². The Morgan fingerprint density at radius 2 is 1.81 bits per heavy atom. The van der Waals surface area contributed by atoms with Gasteiger partial charge in [-0.15, -0.1) is 0 Å². The molecule has 0 fully saturated rings. The van der Waals surface area contributed by atoms with E-state index in [4.69, 9.17) is 5.26 Å². The maximum Gasteiger partial charge on any atom is 0.185 e. The first-order chi connectivity index (χ1) is 12.3. The third kappa shape index (κ3) is 3.46. The molecule has 0 saturated heterocycles. The number of hydrogen-bond acceptors (Lipinski definition) is 4. The Labute approximate surface area is 152 Å². The zero-order valence-electron chi connectivity index (χ0n) is 14.7. The topological polar surface area (TPSA) is 80.7 Å². The first kappa shape index (κ1) is 17.7. The molecule has 2 heterocycles. The summed E-state index contributed by atoms with van der Waals surface area (Å²) >= 11 is 0. The molecule has 3 rings (SSSR count). The van der Waals surface area contributed by atoms with Gasteiger partial charge in [0.2, 0.25) is 0 Å². The van der Waals surface area contributed by atoms with E-state index in [1.54, 1.807) is 18.2 Å². The number of aryl methyl sites for hydroxylation is 2. The zero-order valence-corrected chi connectivity index (χ0v) is 15.5. The fraction of sp³-hybridized carbons (Fsp3) is 0.158. The Bertz CT molecular complexity index is 1130. The summed E-state index contributed by atoms with van der Waals surface area (Å²) in [6.07, 6.45) is 4.23. The summed E-state index contributed by atoms with van der Waals surface area (Å²) in [5.41, 5.74) is 4.42. The monoisotopic (exact) mass is 366 g/mol.